The quantitative estimate of drug-likeness (QED) is 0.165. The van der Waals surface area contributed by atoms with Gasteiger partial charge in [-0.2, -0.15) is 0 Å². The molecule has 0 aliphatic heterocycles. The van der Waals surface area contributed by atoms with Gasteiger partial charge in [-0.05, 0) is 54.0 Å². The zero-order valence-corrected chi connectivity index (χ0v) is 19.2. The van der Waals surface area contributed by atoms with E-state index in [2.05, 4.69) is 10.3 Å². The molecule has 2 heterocycles. The number of hydrogen-bond donors (Lipinski definition) is 1. The first-order chi connectivity index (χ1) is 16.4. The molecule has 2 aromatic heterocycles. The molecule has 1 fully saturated rings. The Morgan fingerprint density at radius 2 is 2.03 bits per heavy atom. The molecule has 1 aliphatic carbocycles. The number of thioether (sulfide) groups is 1. The molecule has 0 bridgehead atoms. The Morgan fingerprint density at radius 3 is 2.74 bits per heavy atom. The fourth-order valence-electron chi connectivity index (χ4n) is 3.67. The molecule has 1 N–H and O–H groups in total. The number of thiophene rings is 1. The minimum atomic E-state index is -0.773. The molecule has 0 spiro atoms. The smallest absolute Gasteiger partial charge is 0.295 e. The van der Waals surface area contributed by atoms with Gasteiger partial charge in [-0.3, -0.25) is 24.3 Å². The van der Waals surface area contributed by atoms with Gasteiger partial charge < -0.3 is 5.32 Å². The second-order valence-corrected chi connectivity index (χ2v) is 9.57. The van der Waals surface area contributed by atoms with Gasteiger partial charge in [0, 0.05) is 0 Å². The van der Waals surface area contributed by atoms with E-state index < -0.39 is 22.3 Å². The van der Waals surface area contributed by atoms with Crippen LogP contribution in [0.3, 0.4) is 0 Å². The van der Waals surface area contributed by atoms with Crippen LogP contribution in [0.4, 0.5) is 15.8 Å². The largest absolute Gasteiger partial charge is 0.320 e. The maximum absolute atomic E-state index is 13.6. The van der Waals surface area contributed by atoms with Gasteiger partial charge in [0.25, 0.3) is 11.2 Å². The summed E-state index contributed by atoms with van der Waals surface area (Å²) in [7, 11) is 0. The van der Waals surface area contributed by atoms with Crippen LogP contribution in [0.1, 0.15) is 24.3 Å². The van der Waals surface area contributed by atoms with Crippen molar-refractivity contribution in [1.29, 1.82) is 0 Å². The Balaban J connectivity index is 1.46. The lowest BCUT2D eigenvalue weighted by atomic mass is 10.1. The maximum atomic E-state index is 13.6. The molecule has 1 aliphatic rings. The van der Waals surface area contributed by atoms with E-state index in [4.69, 9.17) is 0 Å². The lowest BCUT2D eigenvalue weighted by molar-refractivity contribution is -0.384. The van der Waals surface area contributed by atoms with Crippen LogP contribution >= 0.6 is 23.1 Å². The summed E-state index contributed by atoms with van der Waals surface area (Å²) in [4.78, 5) is 41.9. The summed E-state index contributed by atoms with van der Waals surface area (Å²) in [6, 6.07) is 12.0. The van der Waals surface area contributed by atoms with Crippen LogP contribution in [0.15, 0.2) is 63.9 Å². The number of nitro groups is 1. The van der Waals surface area contributed by atoms with E-state index in [1.165, 1.54) is 15.9 Å². The summed E-state index contributed by atoms with van der Waals surface area (Å²) >= 11 is 2.46. The normalized spacial score (nSPS) is 13.2. The molecule has 8 nitrogen and oxygen atoms in total. The van der Waals surface area contributed by atoms with E-state index in [0.717, 1.165) is 48.4 Å². The number of rotatable bonds is 7. The van der Waals surface area contributed by atoms with Crippen molar-refractivity contribution in [3.63, 3.8) is 0 Å². The van der Waals surface area contributed by atoms with E-state index in [9.17, 15) is 24.1 Å². The Labute approximate surface area is 200 Å². The standard InChI is InChI=1S/C23H17FN4O4S2/c24-14-8-9-17(18(10-14)28(31)32)25-19(29)12-34-23-26-21-20(16(11-33-21)13-6-7-13)22(30)27(23)15-4-2-1-3-5-15/h1-5,8-11,13H,6-7,12H2,(H,25,29). The highest BCUT2D eigenvalue weighted by atomic mass is 32.2. The number of nitrogens with one attached hydrogen (secondary N) is 1. The Kier molecular flexibility index (Phi) is 5.88. The van der Waals surface area contributed by atoms with E-state index in [0.29, 0.717) is 27.0 Å². The molecule has 34 heavy (non-hydrogen) atoms. The van der Waals surface area contributed by atoms with Gasteiger partial charge >= 0.3 is 0 Å². The highest BCUT2D eigenvalue weighted by molar-refractivity contribution is 7.99. The second kappa shape index (κ2) is 8.99. The third-order valence-electron chi connectivity index (χ3n) is 5.40. The first-order valence-corrected chi connectivity index (χ1v) is 12.2. The third-order valence-corrected chi connectivity index (χ3v) is 7.23. The molecule has 0 atom stereocenters. The number of carbonyl (C=O) groups is 1. The van der Waals surface area contributed by atoms with Crippen molar-refractivity contribution in [2.45, 2.75) is 23.9 Å². The molecule has 0 radical (unpaired) electrons. The fourth-order valence-corrected chi connectivity index (χ4v) is 5.54. The zero-order valence-electron chi connectivity index (χ0n) is 17.6. The van der Waals surface area contributed by atoms with Crippen LogP contribution in [-0.2, 0) is 4.79 Å². The van der Waals surface area contributed by atoms with Crippen LogP contribution < -0.4 is 10.9 Å². The zero-order chi connectivity index (χ0) is 23.8. The van der Waals surface area contributed by atoms with Crippen molar-refractivity contribution < 1.29 is 14.1 Å². The fraction of sp³-hybridized carbons (Fsp3) is 0.174. The van der Waals surface area contributed by atoms with Crippen LogP contribution in [0, 0.1) is 15.9 Å². The molecular weight excluding hydrogens is 479 g/mol. The first-order valence-electron chi connectivity index (χ1n) is 10.4. The average Bonchev–Trinajstić information content (AvgIpc) is 3.58. The first kappa shape index (κ1) is 22.2. The van der Waals surface area contributed by atoms with E-state index in [1.54, 1.807) is 12.1 Å². The molecule has 11 heteroatoms. The molecule has 4 aromatic rings. The van der Waals surface area contributed by atoms with Crippen molar-refractivity contribution in [3.8, 4) is 5.69 Å². The number of fused-ring (bicyclic) bond motifs is 1. The van der Waals surface area contributed by atoms with Crippen molar-refractivity contribution >= 4 is 50.6 Å². The highest BCUT2D eigenvalue weighted by Crippen LogP contribution is 2.44. The number of hydrogen-bond acceptors (Lipinski definition) is 7. The number of para-hydroxylation sites is 1. The lowest BCUT2D eigenvalue weighted by Gasteiger charge is -2.12. The summed E-state index contributed by atoms with van der Waals surface area (Å²) in [5, 5.41) is 16.6. The van der Waals surface area contributed by atoms with Crippen molar-refractivity contribution in [1.82, 2.24) is 9.55 Å². The van der Waals surface area contributed by atoms with Gasteiger partial charge in [0.2, 0.25) is 5.91 Å². The number of aromatic nitrogens is 2. The van der Waals surface area contributed by atoms with Crippen LogP contribution in [0.5, 0.6) is 0 Å². The summed E-state index contributed by atoms with van der Waals surface area (Å²) in [6.07, 6.45) is 2.12. The molecule has 2 aromatic carbocycles. The molecule has 1 amide bonds. The summed E-state index contributed by atoms with van der Waals surface area (Å²) in [5.74, 6) is -1.08. The number of halogens is 1. The molecule has 0 unspecified atom stereocenters. The van der Waals surface area contributed by atoms with Crippen molar-refractivity contribution in [2.24, 2.45) is 0 Å². The summed E-state index contributed by atoms with van der Waals surface area (Å²) < 4.78 is 14.9. The molecule has 0 saturated heterocycles. The molecule has 172 valence electrons. The number of carbonyl (C=O) groups excluding carboxylic acids is 1. The van der Waals surface area contributed by atoms with Gasteiger partial charge in [0.15, 0.2) is 5.16 Å². The summed E-state index contributed by atoms with van der Waals surface area (Å²) in [5.41, 5.74) is 0.835. The number of nitrogens with zero attached hydrogens (tertiary/aromatic N) is 3. The van der Waals surface area contributed by atoms with E-state index in [-0.39, 0.29) is 17.0 Å². The number of nitro benzene ring substituents is 1. The number of benzene rings is 2. The highest BCUT2D eigenvalue weighted by Gasteiger charge is 2.29. The second-order valence-electron chi connectivity index (χ2n) is 7.77. The maximum Gasteiger partial charge on any atom is 0.295 e. The van der Waals surface area contributed by atoms with Crippen molar-refractivity contribution in [3.05, 3.63) is 85.8 Å². The predicted molar refractivity (Wildman–Crippen MR) is 130 cm³/mol. The Morgan fingerprint density at radius 1 is 1.26 bits per heavy atom. The minimum Gasteiger partial charge on any atom is -0.320 e. The lowest BCUT2D eigenvalue weighted by Crippen LogP contribution is -2.23. The van der Waals surface area contributed by atoms with Gasteiger partial charge in [0.05, 0.1) is 27.8 Å². The number of amides is 1. The van der Waals surface area contributed by atoms with Gasteiger partial charge in [-0.15, -0.1) is 11.3 Å². The van der Waals surface area contributed by atoms with Gasteiger partial charge in [0.1, 0.15) is 16.3 Å². The van der Waals surface area contributed by atoms with Gasteiger partial charge in [-0.25, -0.2) is 9.37 Å². The van der Waals surface area contributed by atoms with Crippen LogP contribution in [-0.4, -0.2) is 26.1 Å². The van der Waals surface area contributed by atoms with E-state index >= 15 is 0 Å². The predicted octanol–water partition coefficient (Wildman–Crippen LogP) is 5.10. The van der Waals surface area contributed by atoms with Crippen LogP contribution in [0.25, 0.3) is 15.9 Å². The topological polar surface area (TPSA) is 107 Å². The Hall–Kier alpha value is -3.57. The number of anilines is 1. The minimum absolute atomic E-state index is 0.104. The van der Waals surface area contributed by atoms with Crippen LogP contribution in [0.2, 0.25) is 0 Å². The SMILES string of the molecule is O=C(CSc1nc2scc(C3CC3)c2c(=O)n1-c1ccccc1)Nc1ccc(F)cc1[N+](=O)[O-]. The van der Waals surface area contributed by atoms with E-state index in [1.807, 2.05) is 23.6 Å². The molecular formula is C23H17FN4O4S2. The monoisotopic (exact) mass is 496 g/mol. The molecule has 5 rings (SSSR count). The summed E-state index contributed by atoms with van der Waals surface area (Å²) in [6.45, 7) is 0. The average molecular weight is 497 g/mol. The van der Waals surface area contributed by atoms with Crippen molar-refractivity contribution in [2.75, 3.05) is 11.1 Å². The Bertz CT molecular complexity index is 1480. The third kappa shape index (κ3) is 4.31. The van der Waals surface area contributed by atoms with Gasteiger partial charge in [-0.1, -0.05) is 30.0 Å². The molecule has 1 saturated carbocycles.